The fraction of sp³-hybridized carbons (Fsp3) is 0.875. The summed E-state index contributed by atoms with van der Waals surface area (Å²) >= 11 is 0. The average Bonchev–Trinajstić information content (AvgIpc) is 2.02. The highest BCUT2D eigenvalue weighted by Crippen LogP contribution is 2.18. The summed E-state index contributed by atoms with van der Waals surface area (Å²) in [5.74, 6) is -0.517. The Morgan fingerprint density at radius 2 is 2.07 bits per heavy atom. The molecule has 0 saturated heterocycles. The molecule has 0 aromatic heterocycles. The van der Waals surface area contributed by atoms with Crippen LogP contribution in [0.15, 0.2) is 0 Å². The Morgan fingerprint density at radius 1 is 1.50 bits per heavy atom. The van der Waals surface area contributed by atoms with E-state index >= 15 is 0 Å². The second kappa shape index (κ2) is 5.85. The van der Waals surface area contributed by atoms with Crippen molar-refractivity contribution in [2.75, 3.05) is 6.54 Å². The topological polar surface area (TPSA) is 55.1 Å². The highest BCUT2D eigenvalue weighted by molar-refractivity contribution is 5.81. The summed E-state index contributed by atoms with van der Waals surface area (Å²) in [5, 5.41) is 2.14. The number of hydrogen-bond donors (Lipinski definition) is 2. The van der Waals surface area contributed by atoms with Crippen LogP contribution in [-0.2, 0) is 4.79 Å². The maximum Gasteiger partial charge on any atom is 0.390 e. The number of carbonyl (C=O) groups excluding carboxylic acids is 1. The van der Waals surface area contributed by atoms with Gasteiger partial charge in [-0.25, -0.2) is 0 Å². The Bertz CT molecular complexity index is 182. The lowest BCUT2D eigenvalue weighted by Gasteiger charge is -2.11. The minimum atomic E-state index is -4.23. The van der Waals surface area contributed by atoms with Crippen molar-refractivity contribution in [3.63, 3.8) is 0 Å². The summed E-state index contributed by atoms with van der Waals surface area (Å²) in [5.41, 5.74) is 5.38. The van der Waals surface area contributed by atoms with Gasteiger partial charge in [-0.05, 0) is 6.42 Å². The van der Waals surface area contributed by atoms with Gasteiger partial charge in [0, 0.05) is 6.54 Å². The van der Waals surface area contributed by atoms with Gasteiger partial charge in [0.1, 0.15) is 0 Å². The Hall–Kier alpha value is -0.780. The lowest BCUT2D eigenvalue weighted by atomic mass is 10.2. The van der Waals surface area contributed by atoms with Gasteiger partial charge in [0.25, 0.3) is 0 Å². The number of hydrogen-bond acceptors (Lipinski definition) is 2. The Balaban J connectivity index is 3.64. The molecule has 0 fully saturated rings. The molecule has 0 rings (SSSR count). The van der Waals surface area contributed by atoms with E-state index < -0.39 is 31.1 Å². The molecule has 3 N–H and O–H groups in total. The standard InChI is InChI=1S/C8H15F3N2O/c1-2-3-6(12)7(14)13-5-4-8(9,10)11/h6H,2-5,12H2,1H3,(H,13,14). The maximum atomic E-state index is 11.7. The number of alkyl halides is 3. The van der Waals surface area contributed by atoms with Gasteiger partial charge in [-0.3, -0.25) is 4.79 Å². The van der Waals surface area contributed by atoms with Gasteiger partial charge < -0.3 is 11.1 Å². The molecule has 0 aromatic rings. The van der Waals surface area contributed by atoms with Crippen LogP contribution in [0.1, 0.15) is 26.2 Å². The van der Waals surface area contributed by atoms with Gasteiger partial charge >= 0.3 is 6.18 Å². The van der Waals surface area contributed by atoms with E-state index in [-0.39, 0.29) is 0 Å². The van der Waals surface area contributed by atoms with E-state index in [1.54, 1.807) is 0 Å². The van der Waals surface area contributed by atoms with Crippen molar-refractivity contribution in [3.05, 3.63) is 0 Å². The number of halogens is 3. The Morgan fingerprint density at radius 3 is 2.50 bits per heavy atom. The van der Waals surface area contributed by atoms with Crippen molar-refractivity contribution in [2.24, 2.45) is 5.73 Å². The minimum absolute atomic E-state index is 0.403. The molecule has 0 radical (unpaired) electrons. The first-order valence-corrected chi connectivity index (χ1v) is 4.47. The average molecular weight is 212 g/mol. The Kier molecular flexibility index (Phi) is 5.52. The van der Waals surface area contributed by atoms with Crippen LogP contribution in [0.4, 0.5) is 13.2 Å². The molecule has 0 spiro atoms. The third kappa shape index (κ3) is 6.71. The van der Waals surface area contributed by atoms with Crippen molar-refractivity contribution in [1.82, 2.24) is 5.32 Å². The van der Waals surface area contributed by atoms with Gasteiger partial charge in [-0.1, -0.05) is 13.3 Å². The fourth-order valence-corrected chi connectivity index (χ4v) is 0.901. The molecule has 1 atom stereocenters. The fourth-order valence-electron chi connectivity index (χ4n) is 0.901. The van der Waals surface area contributed by atoms with Crippen molar-refractivity contribution in [1.29, 1.82) is 0 Å². The monoisotopic (exact) mass is 212 g/mol. The number of carbonyl (C=O) groups is 1. The van der Waals surface area contributed by atoms with Crippen LogP contribution in [-0.4, -0.2) is 24.7 Å². The quantitative estimate of drug-likeness (QED) is 0.719. The Labute approximate surface area is 80.8 Å². The number of rotatable bonds is 5. The maximum absolute atomic E-state index is 11.7. The summed E-state index contributed by atoms with van der Waals surface area (Å²) in [4.78, 5) is 11.0. The largest absolute Gasteiger partial charge is 0.390 e. The summed E-state index contributed by atoms with van der Waals surface area (Å²) in [6, 6.07) is -0.701. The van der Waals surface area contributed by atoms with Crippen LogP contribution >= 0.6 is 0 Å². The number of nitrogens with two attached hydrogens (primary N) is 1. The van der Waals surface area contributed by atoms with Gasteiger partial charge in [-0.2, -0.15) is 13.2 Å². The zero-order valence-corrected chi connectivity index (χ0v) is 8.03. The van der Waals surface area contributed by atoms with Gasteiger partial charge in [0.15, 0.2) is 0 Å². The second-order valence-electron chi connectivity index (χ2n) is 3.05. The molecule has 0 aliphatic rings. The number of nitrogens with one attached hydrogen (secondary N) is 1. The van der Waals surface area contributed by atoms with E-state index in [4.69, 9.17) is 5.73 Å². The molecule has 0 aliphatic heterocycles. The van der Waals surface area contributed by atoms with Crippen LogP contribution < -0.4 is 11.1 Å². The number of amides is 1. The molecule has 0 heterocycles. The van der Waals surface area contributed by atoms with E-state index in [2.05, 4.69) is 5.32 Å². The summed E-state index contributed by atoms with van der Waals surface area (Å²) in [6.07, 6.45) is -4.04. The molecule has 14 heavy (non-hydrogen) atoms. The molecule has 1 unspecified atom stereocenters. The highest BCUT2D eigenvalue weighted by atomic mass is 19.4. The minimum Gasteiger partial charge on any atom is -0.354 e. The molecule has 1 amide bonds. The van der Waals surface area contributed by atoms with Crippen molar-refractivity contribution < 1.29 is 18.0 Å². The van der Waals surface area contributed by atoms with E-state index in [1.807, 2.05) is 6.92 Å². The first-order chi connectivity index (χ1) is 6.37. The molecule has 0 bridgehead atoms. The van der Waals surface area contributed by atoms with Crippen LogP contribution in [0.5, 0.6) is 0 Å². The van der Waals surface area contributed by atoms with Crippen LogP contribution in [0.3, 0.4) is 0 Å². The van der Waals surface area contributed by atoms with Gasteiger partial charge in [0.05, 0.1) is 12.5 Å². The predicted molar refractivity (Wildman–Crippen MR) is 46.6 cm³/mol. The molecular formula is C8H15F3N2O. The normalized spacial score (nSPS) is 13.8. The van der Waals surface area contributed by atoms with Crippen LogP contribution in [0.25, 0.3) is 0 Å². The van der Waals surface area contributed by atoms with E-state index in [1.165, 1.54) is 0 Å². The van der Waals surface area contributed by atoms with Crippen molar-refractivity contribution >= 4 is 5.91 Å². The van der Waals surface area contributed by atoms with Crippen molar-refractivity contribution in [3.8, 4) is 0 Å². The third-order valence-corrected chi connectivity index (χ3v) is 1.64. The van der Waals surface area contributed by atoms with Crippen molar-refractivity contribution in [2.45, 2.75) is 38.4 Å². The molecule has 3 nitrogen and oxygen atoms in total. The third-order valence-electron chi connectivity index (χ3n) is 1.64. The molecule has 0 aliphatic carbocycles. The van der Waals surface area contributed by atoms with E-state index in [9.17, 15) is 18.0 Å². The van der Waals surface area contributed by atoms with Gasteiger partial charge in [-0.15, -0.1) is 0 Å². The second-order valence-corrected chi connectivity index (χ2v) is 3.05. The summed E-state index contributed by atoms with van der Waals surface area (Å²) in [6.45, 7) is 1.45. The molecule has 84 valence electrons. The molecule has 6 heteroatoms. The van der Waals surface area contributed by atoms with E-state index in [0.717, 1.165) is 6.42 Å². The lowest BCUT2D eigenvalue weighted by molar-refractivity contribution is -0.135. The van der Waals surface area contributed by atoms with E-state index in [0.29, 0.717) is 6.42 Å². The zero-order valence-electron chi connectivity index (χ0n) is 8.03. The predicted octanol–water partition coefficient (Wildman–Crippen LogP) is 1.18. The summed E-state index contributed by atoms with van der Waals surface area (Å²) in [7, 11) is 0. The summed E-state index contributed by atoms with van der Waals surface area (Å²) < 4.78 is 35.0. The lowest BCUT2D eigenvalue weighted by Crippen LogP contribution is -2.41. The zero-order chi connectivity index (χ0) is 11.2. The SMILES string of the molecule is CCCC(N)C(=O)NCCC(F)(F)F. The molecular weight excluding hydrogens is 197 g/mol. The van der Waals surface area contributed by atoms with Crippen LogP contribution in [0.2, 0.25) is 0 Å². The molecule has 0 saturated carbocycles. The smallest absolute Gasteiger partial charge is 0.354 e. The molecule has 0 aromatic carbocycles. The first-order valence-electron chi connectivity index (χ1n) is 4.47. The van der Waals surface area contributed by atoms with Crippen LogP contribution in [0, 0.1) is 0 Å². The first kappa shape index (κ1) is 13.2. The highest BCUT2D eigenvalue weighted by Gasteiger charge is 2.26. The van der Waals surface area contributed by atoms with Gasteiger partial charge in [0.2, 0.25) is 5.91 Å².